The lowest BCUT2D eigenvalue weighted by molar-refractivity contribution is -0.144. The molecule has 0 radical (unpaired) electrons. The zero-order valence-corrected chi connectivity index (χ0v) is 17.5. The lowest BCUT2D eigenvalue weighted by Gasteiger charge is -2.06. The van der Waals surface area contributed by atoms with Gasteiger partial charge in [-0.3, -0.25) is 24.7 Å². The fourth-order valence-corrected chi connectivity index (χ4v) is 4.09. The Morgan fingerprint density at radius 2 is 1.97 bits per heavy atom. The van der Waals surface area contributed by atoms with E-state index in [9.17, 15) is 19.2 Å². The molecular weight excluding hydrogens is 428 g/mol. The van der Waals surface area contributed by atoms with Crippen molar-refractivity contribution < 1.29 is 14.3 Å². The lowest BCUT2D eigenvalue weighted by atomic mass is 10.2. The van der Waals surface area contributed by atoms with Crippen LogP contribution in [0.3, 0.4) is 0 Å². The van der Waals surface area contributed by atoms with E-state index in [4.69, 9.17) is 4.74 Å². The Balaban J connectivity index is 1.42. The first-order valence-electron chi connectivity index (χ1n) is 8.78. The van der Waals surface area contributed by atoms with Crippen molar-refractivity contribution in [3.05, 3.63) is 67.8 Å². The first-order valence-corrected chi connectivity index (χ1v) is 10.8. The Morgan fingerprint density at radius 1 is 1.20 bits per heavy atom. The molecule has 0 aliphatic heterocycles. The zero-order valence-electron chi connectivity index (χ0n) is 15.9. The molecule has 2 heterocycles. The topological polar surface area (TPSA) is 134 Å². The third kappa shape index (κ3) is 5.91. The van der Waals surface area contributed by atoms with Crippen LogP contribution >= 0.6 is 23.1 Å². The van der Waals surface area contributed by atoms with Gasteiger partial charge in [-0.05, 0) is 6.92 Å². The van der Waals surface area contributed by atoms with E-state index >= 15 is 0 Å². The summed E-state index contributed by atoms with van der Waals surface area (Å²) in [6.45, 7) is 1.18. The average Bonchev–Trinajstić information content (AvgIpc) is 3.17. The quantitative estimate of drug-likeness (QED) is 0.450. The smallest absolute Gasteiger partial charge is 0.325 e. The van der Waals surface area contributed by atoms with Gasteiger partial charge in [-0.2, -0.15) is 0 Å². The monoisotopic (exact) mass is 446 g/mol. The molecule has 11 heteroatoms. The van der Waals surface area contributed by atoms with Gasteiger partial charge in [-0.1, -0.05) is 30.3 Å². The number of carbonyl (C=O) groups excluding carboxylic acids is 2. The second kappa shape index (κ2) is 10.0. The zero-order chi connectivity index (χ0) is 21.5. The summed E-state index contributed by atoms with van der Waals surface area (Å²) in [7, 11) is 0. The predicted octanol–water partition coefficient (Wildman–Crippen LogP) is 1.91. The second-order valence-electron chi connectivity index (χ2n) is 6.12. The highest BCUT2D eigenvalue weighted by Crippen LogP contribution is 2.24. The van der Waals surface area contributed by atoms with Crippen molar-refractivity contribution in [3.8, 4) is 11.3 Å². The van der Waals surface area contributed by atoms with E-state index in [2.05, 4.69) is 20.3 Å². The number of nitrogens with zero attached hydrogens (tertiary/aromatic N) is 1. The average molecular weight is 447 g/mol. The van der Waals surface area contributed by atoms with Crippen molar-refractivity contribution in [1.29, 1.82) is 0 Å². The number of hydrogen-bond donors (Lipinski definition) is 3. The minimum atomic E-state index is -0.585. The van der Waals surface area contributed by atoms with Gasteiger partial charge < -0.3 is 9.72 Å². The number of H-pyrrole nitrogens is 2. The van der Waals surface area contributed by atoms with Gasteiger partial charge >= 0.3 is 11.7 Å². The number of aromatic amines is 2. The summed E-state index contributed by atoms with van der Waals surface area (Å²) in [5, 5.41) is 4.84. The van der Waals surface area contributed by atoms with Crippen LogP contribution in [0.25, 0.3) is 11.3 Å². The fourth-order valence-electron chi connectivity index (χ4n) is 2.45. The highest BCUT2D eigenvalue weighted by atomic mass is 32.2. The van der Waals surface area contributed by atoms with Crippen LogP contribution < -0.4 is 16.6 Å². The van der Waals surface area contributed by atoms with Crippen LogP contribution in [0, 0.1) is 6.92 Å². The molecule has 9 nitrogen and oxygen atoms in total. The van der Waals surface area contributed by atoms with Crippen LogP contribution in [0.4, 0.5) is 5.13 Å². The van der Waals surface area contributed by atoms with Gasteiger partial charge in [0, 0.05) is 28.0 Å². The Kier molecular flexibility index (Phi) is 7.20. The molecule has 0 unspecified atom stereocenters. The van der Waals surface area contributed by atoms with Crippen LogP contribution in [-0.2, 0) is 20.1 Å². The summed E-state index contributed by atoms with van der Waals surface area (Å²) in [5.74, 6) is -0.894. The predicted molar refractivity (Wildman–Crippen MR) is 116 cm³/mol. The first-order chi connectivity index (χ1) is 14.4. The molecule has 2 aromatic heterocycles. The summed E-state index contributed by atoms with van der Waals surface area (Å²) in [5.41, 5.74) is 1.44. The van der Waals surface area contributed by atoms with Crippen molar-refractivity contribution in [2.45, 2.75) is 12.7 Å². The van der Waals surface area contributed by atoms with Crippen LogP contribution in [0.15, 0.2) is 45.3 Å². The van der Waals surface area contributed by atoms with E-state index in [1.165, 1.54) is 11.3 Å². The van der Waals surface area contributed by atoms with Crippen LogP contribution in [0.2, 0.25) is 0 Å². The maximum absolute atomic E-state index is 12.0. The lowest BCUT2D eigenvalue weighted by Crippen LogP contribution is -2.26. The summed E-state index contributed by atoms with van der Waals surface area (Å²) in [6.07, 6.45) is 0. The molecule has 3 aromatic rings. The molecule has 0 aliphatic rings. The molecular formula is C19H18N4O5S2. The second-order valence-corrected chi connectivity index (χ2v) is 7.96. The summed E-state index contributed by atoms with van der Waals surface area (Å²) >= 11 is 2.42. The first kappa shape index (κ1) is 21.5. The number of ether oxygens (including phenoxy) is 1. The highest BCUT2D eigenvalue weighted by molar-refractivity contribution is 7.99. The van der Waals surface area contributed by atoms with Crippen molar-refractivity contribution in [1.82, 2.24) is 15.0 Å². The molecule has 0 saturated heterocycles. The number of esters is 1. The van der Waals surface area contributed by atoms with Gasteiger partial charge in [-0.25, -0.2) is 9.78 Å². The van der Waals surface area contributed by atoms with Gasteiger partial charge in [-0.15, -0.1) is 23.1 Å². The molecule has 156 valence electrons. The minimum absolute atomic E-state index is 0.0410. The maximum Gasteiger partial charge on any atom is 0.325 e. The van der Waals surface area contributed by atoms with Gasteiger partial charge in [0.2, 0.25) is 0 Å². The molecule has 0 aliphatic carbocycles. The van der Waals surface area contributed by atoms with Crippen molar-refractivity contribution in [2.24, 2.45) is 0 Å². The number of amides is 1. The maximum atomic E-state index is 12.0. The SMILES string of the molecule is Cc1[nH]c(=O)[nH]c(=O)c1CSCC(=O)OCC(=O)Nc1nc(-c2ccccc2)cs1. The van der Waals surface area contributed by atoms with E-state index in [-0.39, 0.29) is 11.5 Å². The molecule has 0 spiro atoms. The van der Waals surface area contributed by atoms with Gasteiger partial charge in [0.05, 0.1) is 11.4 Å². The van der Waals surface area contributed by atoms with Crippen LogP contribution in [0.5, 0.6) is 0 Å². The Bertz CT molecular complexity index is 1150. The number of benzene rings is 1. The van der Waals surface area contributed by atoms with Crippen molar-refractivity contribution in [3.63, 3.8) is 0 Å². The third-order valence-electron chi connectivity index (χ3n) is 3.91. The Labute approximate surface area is 178 Å². The number of aryl methyl sites for hydroxylation is 1. The standard InChI is InChI=1S/C19H18N4O5S2/c1-11-13(17(26)23-18(27)20-11)8-29-10-16(25)28-7-15(24)22-19-21-14(9-30-19)12-5-3-2-4-6-12/h2-6,9H,7-8,10H2,1H3,(H,21,22,24)(H2,20,23,26,27). The number of anilines is 1. The number of hydrogen-bond acceptors (Lipinski definition) is 8. The molecule has 1 amide bonds. The Morgan fingerprint density at radius 3 is 2.70 bits per heavy atom. The van der Waals surface area contributed by atoms with Gasteiger partial charge in [0.1, 0.15) is 0 Å². The molecule has 0 atom stereocenters. The molecule has 3 rings (SSSR count). The van der Waals surface area contributed by atoms with Crippen molar-refractivity contribution >= 4 is 40.1 Å². The van der Waals surface area contributed by atoms with E-state index in [0.717, 1.165) is 23.0 Å². The van der Waals surface area contributed by atoms with E-state index < -0.39 is 29.7 Å². The third-order valence-corrected chi connectivity index (χ3v) is 5.60. The molecule has 0 saturated carbocycles. The number of thioether (sulfide) groups is 1. The number of rotatable bonds is 8. The fraction of sp³-hybridized carbons (Fsp3) is 0.211. The number of carbonyl (C=O) groups is 2. The minimum Gasteiger partial charge on any atom is -0.455 e. The largest absolute Gasteiger partial charge is 0.455 e. The van der Waals surface area contributed by atoms with E-state index in [1.807, 2.05) is 35.7 Å². The molecule has 0 bridgehead atoms. The van der Waals surface area contributed by atoms with Gasteiger partial charge in [0.15, 0.2) is 11.7 Å². The summed E-state index contributed by atoms with van der Waals surface area (Å²) in [4.78, 5) is 55.7. The number of aromatic nitrogens is 3. The summed E-state index contributed by atoms with van der Waals surface area (Å²) in [6, 6.07) is 9.55. The molecule has 1 aromatic carbocycles. The highest BCUT2D eigenvalue weighted by Gasteiger charge is 2.12. The van der Waals surface area contributed by atoms with Crippen molar-refractivity contribution in [2.75, 3.05) is 17.7 Å². The number of nitrogens with one attached hydrogen (secondary N) is 3. The normalized spacial score (nSPS) is 10.6. The summed E-state index contributed by atoms with van der Waals surface area (Å²) < 4.78 is 4.95. The van der Waals surface area contributed by atoms with Crippen LogP contribution in [0.1, 0.15) is 11.3 Å². The molecule has 3 N–H and O–H groups in total. The molecule has 0 fully saturated rings. The van der Waals surface area contributed by atoms with Crippen LogP contribution in [-0.4, -0.2) is 39.2 Å². The van der Waals surface area contributed by atoms with Gasteiger partial charge in [0.25, 0.3) is 11.5 Å². The number of thiazole rings is 1. The Hall–Kier alpha value is -3.18. The van der Waals surface area contributed by atoms with E-state index in [0.29, 0.717) is 16.4 Å². The molecule has 30 heavy (non-hydrogen) atoms. The van der Waals surface area contributed by atoms with E-state index in [1.54, 1.807) is 6.92 Å².